The molecule has 0 unspecified atom stereocenters. The van der Waals surface area contributed by atoms with E-state index >= 15 is 0 Å². The molecule has 8 aromatic rings. The van der Waals surface area contributed by atoms with Crippen molar-refractivity contribution in [3.05, 3.63) is 151 Å². The van der Waals surface area contributed by atoms with Gasteiger partial charge in [-0.3, -0.25) is 0 Å². The average molecular weight is 592 g/mol. The molecular weight excluding hydrogens is 562 g/mol. The minimum absolute atomic E-state index is 0.201. The molecule has 4 heteroatoms. The molecule has 0 atom stereocenters. The molecule has 0 saturated heterocycles. The van der Waals surface area contributed by atoms with Crippen molar-refractivity contribution >= 4 is 21.9 Å². The van der Waals surface area contributed by atoms with Crippen LogP contribution in [0.25, 0.3) is 78.4 Å². The molecule has 2 aromatic heterocycles. The molecule has 1 aliphatic rings. The largest absolute Gasteiger partial charge is 0.456 e. The van der Waals surface area contributed by atoms with Crippen LogP contribution in [0.5, 0.6) is 0 Å². The minimum atomic E-state index is -0.201. The highest BCUT2D eigenvalue weighted by molar-refractivity contribution is 6.14. The first-order chi connectivity index (χ1) is 22.6. The molecule has 9 rings (SSSR count). The average Bonchev–Trinajstić information content (AvgIpc) is 3.60. The lowest BCUT2D eigenvalue weighted by Crippen LogP contribution is -2.15. The maximum absolute atomic E-state index is 6.54. The third-order valence-electron chi connectivity index (χ3n) is 9.29. The summed E-state index contributed by atoms with van der Waals surface area (Å²) in [4.78, 5) is 14.9. The van der Waals surface area contributed by atoms with E-state index in [9.17, 15) is 0 Å². The van der Waals surface area contributed by atoms with Crippen molar-refractivity contribution in [1.29, 1.82) is 0 Å². The van der Waals surface area contributed by atoms with E-state index in [2.05, 4.69) is 86.6 Å². The maximum atomic E-state index is 6.54. The monoisotopic (exact) mass is 591 g/mol. The second-order valence-electron chi connectivity index (χ2n) is 12.4. The Morgan fingerprint density at radius 2 is 1.04 bits per heavy atom. The van der Waals surface area contributed by atoms with Gasteiger partial charge in [-0.05, 0) is 51.6 Å². The number of rotatable bonds is 4. The van der Waals surface area contributed by atoms with Crippen LogP contribution in [0.3, 0.4) is 0 Å². The van der Waals surface area contributed by atoms with Gasteiger partial charge in [-0.25, -0.2) is 15.0 Å². The van der Waals surface area contributed by atoms with Gasteiger partial charge >= 0.3 is 0 Å². The highest BCUT2D eigenvalue weighted by atomic mass is 16.3. The van der Waals surface area contributed by atoms with Gasteiger partial charge in [0.15, 0.2) is 17.5 Å². The zero-order valence-corrected chi connectivity index (χ0v) is 25.5. The third-order valence-corrected chi connectivity index (χ3v) is 9.29. The summed E-state index contributed by atoms with van der Waals surface area (Å²) in [5.41, 5.74) is 11.9. The van der Waals surface area contributed by atoms with Gasteiger partial charge in [-0.2, -0.15) is 0 Å². The lowest BCUT2D eigenvalue weighted by molar-refractivity contribution is 0.657. The summed E-state index contributed by atoms with van der Waals surface area (Å²) in [6, 6.07) is 48.2. The summed E-state index contributed by atoms with van der Waals surface area (Å²) < 4.78 is 6.54. The van der Waals surface area contributed by atoms with Gasteiger partial charge in [-0.1, -0.05) is 135 Å². The molecule has 0 N–H and O–H groups in total. The number of hydrogen-bond donors (Lipinski definition) is 0. The fourth-order valence-electron chi connectivity index (χ4n) is 7.16. The van der Waals surface area contributed by atoms with E-state index in [1.807, 2.05) is 66.7 Å². The Labute approximate surface area is 267 Å². The smallest absolute Gasteiger partial charge is 0.164 e. The van der Waals surface area contributed by atoms with Gasteiger partial charge in [0.25, 0.3) is 0 Å². The van der Waals surface area contributed by atoms with E-state index in [1.165, 1.54) is 27.6 Å². The number of furan rings is 1. The zero-order chi connectivity index (χ0) is 30.8. The molecule has 0 bridgehead atoms. The lowest BCUT2D eigenvalue weighted by atomic mass is 9.79. The summed E-state index contributed by atoms with van der Waals surface area (Å²) in [6.45, 7) is 4.67. The van der Waals surface area contributed by atoms with Gasteiger partial charge in [0.05, 0.1) is 0 Å². The first kappa shape index (κ1) is 26.5. The van der Waals surface area contributed by atoms with Gasteiger partial charge in [0.1, 0.15) is 11.2 Å². The van der Waals surface area contributed by atoms with E-state index in [-0.39, 0.29) is 5.41 Å². The third kappa shape index (κ3) is 4.04. The van der Waals surface area contributed by atoms with E-state index in [0.29, 0.717) is 17.5 Å². The standard InChI is InChI=1S/C42H29N3O/c1-42(2)33-22-11-9-20-30(33)36-32(25-35-37(38(36)42)31-21-10-12-23-34(31)46-35)28-18-13-19-29(24-28)41-44-39(26-14-5-3-6-15-26)43-40(45-41)27-16-7-4-8-17-27/h3-25H,1-2H3. The highest BCUT2D eigenvalue weighted by Crippen LogP contribution is 2.56. The predicted molar refractivity (Wildman–Crippen MR) is 186 cm³/mol. The van der Waals surface area contributed by atoms with Gasteiger partial charge in [0.2, 0.25) is 0 Å². The molecule has 2 heterocycles. The maximum Gasteiger partial charge on any atom is 0.164 e. The number of aromatic nitrogens is 3. The molecule has 46 heavy (non-hydrogen) atoms. The molecule has 0 aliphatic heterocycles. The van der Waals surface area contributed by atoms with Crippen molar-refractivity contribution in [3.63, 3.8) is 0 Å². The van der Waals surface area contributed by atoms with Crippen molar-refractivity contribution < 1.29 is 4.42 Å². The van der Waals surface area contributed by atoms with Crippen LogP contribution in [0.1, 0.15) is 25.0 Å². The van der Waals surface area contributed by atoms with E-state index in [0.717, 1.165) is 44.4 Å². The fourth-order valence-corrected chi connectivity index (χ4v) is 7.16. The van der Waals surface area contributed by atoms with Crippen LogP contribution < -0.4 is 0 Å². The fraction of sp³-hybridized carbons (Fsp3) is 0.0714. The molecule has 0 radical (unpaired) electrons. The van der Waals surface area contributed by atoms with E-state index in [4.69, 9.17) is 19.4 Å². The minimum Gasteiger partial charge on any atom is -0.456 e. The predicted octanol–water partition coefficient (Wildman–Crippen LogP) is 10.7. The van der Waals surface area contributed by atoms with Gasteiger partial charge < -0.3 is 4.42 Å². The molecule has 4 nitrogen and oxygen atoms in total. The second kappa shape index (κ2) is 10.1. The molecule has 0 amide bonds. The zero-order valence-electron chi connectivity index (χ0n) is 25.5. The van der Waals surface area contributed by atoms with Crippen molar-refractivity contribution in [2.45, 2.75) is 19.3 Å². The van der Waals surface area contributed by atoms with Gasteiger partial charge in [0, 0.05) is 32.9 Å². The molecule has 1 aliphatic carbocycles. The Morgan fingerprint density at radius 1 is 0.478 bits per heavy atom. The van der Waals surface area contributed by atoms with Crippen LogP contribution in [0.2, 0.25) is 0 Å². The Bertz CT molecular complexity index is 2380. The summed E-state index contributed by atoms with van der Waals surface area (Å²) in [5, 5.41) is 2.35. The van der Waals surface area contributed by atoms with Crippen molar-refractivity contribution in [3.8, 4) is 56.4 Å². The van der Waals surface area contributed by atoms with Crippen LogP contribution in [-0.4, -0.2) is 15.0 Å². The summed E-state index contributed by atoms with van der Waals surface area (Å²) in [5.74, 6) is 1.93. The topological polar surface area (TPSA) is 51.8 Å². The number of para-hydroxylation sites is 1. The van der Waals surface area contributed by atoms with Crippen molar-refractivity contribution in [2.24, 2.45) is 0 Å². The van der Waals surface area contributed by atoms with Crippen LogP contribution in [-0.2, 0) is 5.41 Å². The van der Waals surface area contributed by atoms with E-state index < -0.39 is 0 Å². The van der Waals surface area contributed by atoms with Crippen LogP contribution in [0.4, 0.5) is 0 Å². The molecule has 0 saturated carbocycles. The Balaban J connectivity index is 1.29. The lowest BCUT2D eigenvalue weighted by Gasteiger charge is -2.23. The number of nitrogens with zero attached hydrogens (tertiary/aromatic N) is 3. The highest BCUT2D eigenvalue weighted by Gasteiger charge is 2.39. The molecule has 218 valence electrons. The van der Waals surface area contributed by atoms with Crippen LogP contribution in [0.15, 0.2) is 144 Å². The Morgan fingerprint density at radius 3 is 1.76 bits per heavy atom. The van der Waals surface area contributed by atoms with Crippen LogP contribution in [0, 0.1) is 0 Å². The quantitative estimate of drug-likeness (QED) is 0.204. The van der Waals surface area contributed by atoms with Crippen molar-refractivity contribution in [1.82, 2.24) is 15.0 Å². The summed E-state index contributed by atoms with van der Waals surface area (Å²) in [7, 11) is 0. The first-order valence-electron chi connectivity index (χ1n) is 15.6. The molecule has 6 aromatic carbocycles. The molecule has 0 fully saturated rings. The SMILES string of the molecule is CC1(C)c2ccccc2-c2c(-c3cccc(-c4nc(-c5ccccc5)nc(-c5ccccc5)n4)c3)cc3oc4ccccc4c3c21. The number of fused-ring (bicyclic) bond motifs is 7. The Hall–Kier alpha value is -5.87. The second-order valence-corrected chi connectivity index (χ2v) is 12.4. The number of hydrogen-bond acceptors (Lipinski definition) is 4. The van der Waals surface area contributed by atoms with E-state index in [1.54, 1.807) is 0 Å². The molecule has 0 spiro atoms. The summed E-state index contributed by atoms with van der Waals surface area (Å²) >= 11 is 0. The Kier molecular flexibility index (Phi) is 5.81. The molecular formula is C42H29N3O. The number of benzene rings is 6. The normalized spacial score (nSPS) is 13.2. The first-order valence-corrected chi connectivity index (χ1v) is 15.6. The summed E-state index contributed by atoms with van der Waals surface area (Å²) in [6.07, 6.45) is 0. The van der Waals surface area contributed by atoms with Gasteiger partial charge in [-0.15, -0.1) is 0 Å². The van der Waals surface area contributed by atoms with Crippen LogP contribution >= 0.6 is 0 Å². The van der Waals surface area contributed by atoms with Crippen molar-refractivity contribution in [2.75, 3.05) is 0 Å².